The SMILES string of the molecule is Cc1c[c]cc(C)c1CC(C)(c1ccccc1)c1ccccc1. The van der Waals surface area contributed by atoms with Crippen molar-refractivity contribution in [3.05, 3.63) is 107 Å². The molecule has 0 aliphatic heterocycles. The predicted octanol–water partition coefficient (Wildman–Crippen LogP) is 5.65. The summed E-state index contributed by atoms with van der Waals surface area (Å²) in [5.74, 6) is 0. The molecule has 0 amide bonds. The van der Waals surface area contributed by atoms with Crippen LogP contribution in [0, 0.1) is 19.9 Å². The van der Waals surface area contributed by atoms with Crippen LogP contribution in [0.25, 0.3) is 0 Å². The van der Waals surface area contributed by atoms with Gasteiger partial charge in [-0.25, -0.2) is 0 Å². The van der Waals surface area contributed by atoms with Crippen molar-refractivity contribution in [2.75, 3.05) is 0 Å². The van der Waals surface area contributed by atoms with E-state index in [0.717, 1.165) is 6.42 Å². The van der Waals surface area contributed by atoms with E-state index in [1.165, 1.54) is 27.8 Å². The smallest absolute Gasteiger partial charge is 0.0215 e. The minimum Gasteiger partial charge on any atom is -0.0622 e. The standard InChI is InChI=1S/C23H23/c1-18-11-10-12-19(2)22(18)17-23(3,20-13-6-4-7-14-20)21-15-8-5-9-16-21/h4-9,11-16H,17H2,1-3H3. The van der Waals surface area contributed by atoms with Crippen LogP contribution >= 0.6 is 0 Å². The number of rotatable bonds is 4. The Morgan fingerprint density at radius 1 is 0.739 bits per heavy atom. The molecule has 0 atom stereocenters. The minimum absolute atomic E-state index is 0.0423. The Balaban J connectivity index is 2.14. The summed E-state index contributed by atoms with van der Waals surface area (Å²) < 4.78 is 0. The zero-order valence-electron chi connectivity index (χ0n) is 14.1. The largest absolute Gasteiger partial charge is 0.0622 e. The van der Waals surface area contributed by atoms with E-state index in [2.05, 4.69) is 99.6 Å². The van der Waals surface area contributed by atoms with Crippen molar-refractivity contribution in [1.82, 2.24) is 0 Å². The molecule has 115 valence electrons. The van der Waals surface area contributed by atoms with E-state index >= 15 is 0 Å². The average molecular weight is 299 g/mol. The lowest BCUT2D eigenvalue weighted by Crippen LogP contribution is -2.27. The number of aryl methyl sites for hydroxylation is 2. The Morgan fingerprint density at radius 2 is 1.17 bits per heavy atom. The van der Waals surface area contributed by atoms with Crippen LogP contribution in [0.2, 0.25) is 0 Å². The van der Waals surface area contributed by atoms with Crippen LogP contribution in [0.3, 0.4) is 0 Å². The van der Waals surface area contributed by atoms with Crippen molar-refractivity contribution in [2.45, 2.75) is 32.6 Å². The fraction of sp³-hybridized carbons (Fsp3) is 0.217. The van der Waals surface area contributed by atoms with Crippen LogP contribution in [0.1, 0.15) is 34.7 Å². The van der Waals surface area contributed by atoms with Crippen molar-refractivity contribution in [2.24, 2.45) is 0 Å². The zero-order valence-corrected chi connectivity index (χ0v) is 14.1. The molecule has 0 nitrogen and oxygen atoms in total. The van der Waals surface area contributed by atoms with Gasteiger partial charge in [0, 0.05) is 5.41 Å². The molecule has 0 aromatic heterocycles. The van der Waals surface area contributed by atoms with Gasteiger partial charge >= 0.3 is 0 Å². The summed E-state index contributed by atoms with van der Waals surface area (Å²) in [7, 11) is 0. The Bertz CT molecular complexity index is 710. The summed E-state index contributed by atoms with van der Waals surface area (Å²) in [5, 5.41) is 0. The molecule has 3 aromatic carbocycles. The van der Waals surface area contributed by atoms with Gasteiger partial charge in [0.05, 0.1) is 0 Å². The molecule has 0 N–H and O–H groups in total. The van der Waals surface area contributed by atoms with E-state index in [-0.39, 0.29) is 5.41 Å². The van der Waals surface area contributed by atoms with Crippen molar-refractivity contribution < 1.29 is 0 Å². The quantitative estimate of drug-likeness (QED) is 0.584. The fourth-order valence-corrected chi connectivity index (χ4v) is 3.39. The van der Waals surface area contributed by atoms with Gasteiger partial charge in [-0.3, -0.25) is 0 Å². The van der Waals surface area contributed by atoms with Gasteiger partial charge in [-0.2, -0.15) is 0 Å². The number of hydrogen-bond acceptors (Lipinski definition) is 0. The molecule has 0 spiro atoms. The molecule has 0 aliphatic rings. The summed E-state index contributed by atoms with van der Waals surface area (Å²) in [6.07, 6.45) is 0.993. The molecule has 0 saturated carbocycles. The van der Waals surface area contributed by atoms with Gasteiger partial charge in [-0.15, -0.1) is 0 Å². The number of hydrogen-bond donors (Lipinski definition) is 0. The molecule has 0 saturated heterocycles. The van der Waals surface area contributed by atoms with Crippen LogP contribution in [-0.4, -0.2) is 0 Å². The second-order valence-corrected chi connectivity index (χ2v) is 6.54. The Hall–Kier alpha value is -2.34. The maximum absolute atomic E-state index is 3.23. The monoisotopic (exact) mass is 299 g/mol. The highest BCUT2D eigenvalue weighted by molar-refractivity contribution is 5.44. The fourth-order valence-electron chi connectivity index (χ4n) is 3.39. The van der Waals surface area contributed by atoms with Gasteiger partial charge in [-0.1, -0.05) is 79.7 Å². The number of benzene rings is 3. The van der Waals surface area contributed by atoms with Gasteiger partial charge in [0.25, 0.3) is 0 Å². The van der Waals surface area contributed by atoms with Crippen molar-refractivity contribution >= 4 is 0 Å². The lowest BCUT2D eigenvalue weighted by Gasteiger charge is -2.32. The molecule has 23 heavy (non-hydrogen) atoms. The highest BCUT2D eigenvalue weighted by Crippen LogP contribution is 2.36. The Kier molecular flexibility index (Phi) is 4.34. The van der Waals surface area contributed by atoms with Crippen LogP contribution in [0.15, 0.2) is 72.8 Å². The first-order valence-electron chi connectivity index (χ1n) is 8.18. The van der Waals surface area contributed by atoms with Crippen LogP contribution in [0.5, 0.6) is 0 Å². The van der Waals surface area contributed by atoms with E-state index in [9.17, 15) is 0 Å². The van der Waals surface area contributed by atoms with E-state index in [4.69, 9.17) is 0 Å². The van der Waals surface area contributed by atoms with Crippen molar-refractivity contribution in [3.63, 3.8) is 0 Å². The van der Waals surface area contributed by atoms with Gasteiger partial charge in [0.2, 0.25) is 0 Å². The molecule has 0 fully saturated rings. The lowest BCUT2D eigenvalue weighted by atomic mass is 9.71. The summed E-state index contributed by atoms with van der Waals surface area (Å²) in [6, 6.07) is 29.1. The van der Waals surface area contributed by atoms with Crippen LogP contribution in [0.4, 0.5) is 0 Å². The van der Waals surface area contributed by atoms with E-state index in [1.807, 2.05) is 0 Å². The molecule has 0 aliphatic carbocycles. The highest BCUT2D eigenvalue weighted by atomic mass is 14.3. The van der Waals surface area contributed by atoms with Crippen LogP contribution in [-0.2, 0) is 11.8 Å². The minimum atomic E-state index is -0.0423. The van der Waals surface area contributed by atoms with Crippen molar-refractivity contribution in [3.8, 4) is 0 Å². The maximum Gasteiger partial charge on any atom is 0.0215 e. The molecular formula is C23H23. The normalized spacial score (nSPS) is 11.4. The van der Waals surface area contributed by atoms with Gasteiger partial charge in [-0.05, 0) is 54.2 Å². The molecule has 0 unspecified atom stereocenters. The van der Waals surface area contributed by atoms with Crippen molar-refractivity contribution in [1.29, 1.82) is 0 Å². The maximum atomic E-state index is 3.23. The Labute approximate surface area is 139 Å². The summed E-state index contributed by atoms with van der Waals surface area (Å²) >= 11 is 0. The second kappa shape index (κ2) is 6.42. The van der Waals surface area contributed by atoms with E-state index < -0.39 is 0 Å². The summed E-state index contributed by atoms with van der Waals surface area (Å²) in [6.45, 7) is 6.73. The predicted molar refractivity (Wildman–Crippen MR) is 97.8 cm³/mol. The lowest BCUT2D eigenvalue weighted by molar-refractivity contribution is 0.564. The molecule has 0 heteroatoms. The van der Waals surface area contributed by atoms with Gasteiger partial charge in [0.1, 0.15) is 0 Å². The third-order valence-corrected chi connectivity index (χ3v) is 4.90. The first-order valence-corrected chi connectivity index (χ1v) is 8.18. The topological polar surface area (TPSA) is 0 Å². The Morgan fingerprint density at radius 3 is 1.61 bits per heavy atom. The first kappa shape index (κ1) is 15.6. The van der Waals surface area contributed by atoms with E-state index in [0.29, 0.717) is 0 Å². The van der Waals surface area contributed by atoms with Gasteiger partial charge in [0.15, 0.2) is 0 Å². The summed E-state index contributed by atoms with van der Waals surface area (Å²) in [5.41, 5.74) is 6.75. The molecule has 0 heterocycles. The second-order valence-electron chi connectivity index (χ2n) is 6.54. The average Bonchev–Trinajstić information content (AvgIpc) is 2.60. The first-order chi connectivity index (χ1) is 11.1. The highest BCUT2D eigenvalue weighted by Gasteiger charge is 2.30. The molecule has 0 bridgehead atoms. The molecule has 3 aromatic rings. The molecule has 3 rings (SSSR count). The molecular weight excluding hydrogens is 276 g/mol. The third kappa shape index (κ3) is 3.07. The zero-order chi connectivity index (χ0) is 16.3. The molecule has 1 radical (unpaired) electrons. The van der Waals surface area contributed by atoms with E-state index in [1.54, 1.807) is 0 Å². The summed E-state index contributed by atoms with van der Waals surface area (Å²) in [4.78, 5) is 0. The third-order valence-electron chi connectivity index (χ3n) is 4.90. The van der Waals surface area contributed by atoms with Gasteiger partial charge < -0.3 is 0 Å². The van der Waals surface area contributed by atoms with Crippen LogP contribution < -0.4 is 0 Å².